The summed E-state index contributed by atoms with van der Waals surface area (Å²) in [6.07, 6.45) is 4.89. The van der Waals surface area contributed by atoms with Crippen LogP contribution in [0.25, 0.3) is 5.65 Å². The molecule has 136 valence electrons. The minimum absolute atomic E-state index is 0.0665. The highest BCUT2D eigenvalue weighted by molar-refractivity contribution is 5.35. The third kappa shape index (κ3) is 3.51. The first kappa shape index (κ1) is 16.8. The minimum atomic E-state index is -0.0665. The molecule has 3 heterocycles. The highest BCUT2D eigenvalue weighted by atomic mass is 16.3. The number of likely N-dealkylation sites (tertiary alicyclic amines) is 1. The van der Waals surface area contributed by atoms with Gasteiger partial charge in [0.1, 0.15) is 5.75 Å². The number of nitrogens with zero attached hydrogens (tertiary/aromatic N) is 4. The number of benzene rings is 1. The summed E-state index contributed by atoms with van der Waals surface area (Å²) in [5, 5.41) is 14.0. The molecule has 1 saturated heterocycles. The fourth-order valence-corrected chi connectivity index (χ4v) is 3.83. The van der Waals surface area contributed by atoms with Gasteiger partial charge in [0.05, 0.1) is 0 Å². The molecular weight excluding hydrogens is 328 g/mol. The molecule has 1 N–H and O–H groups in total. The van der Waals surface area contributed by atoms with E-state index in [0.717, 1.165) is 38.9 Å². The van der Waals surface area contributed by atoms with E-state index in [2.05, 4.69) is 16.1 Å². The van der Waals surface area contributed by atoms with Crippen LogP contribution in [0.2, 0.25) is 0 Å². The highest BCUT2D eigenvalue weighted by Gasteiger charge is 2.20. The van der Waals surface area contributed by atoms with Gasteiger partial charge in [-0.15, -0.1) is 5.10 Å². The monoisotopic (exact) mass is 352 g/mol. The van der Waals surface area contributed by atoms with Crippen LogP contribution in [0.15, 0.2) is 53.5 Å². The van der Waals surface area contributed by atoms with Crippen molar-refractivity contribution in [3.05, 3.63) is 64.7 Å². The number of pyridine rings is 1. The molecule has 0 spiro atoms. The van der Waals surface area contributed by atoms with Crippen molar-refractivity contribution in [1.82, 2.24) is 19.1 Å². The quantitative estimate of drug-likeness (QED) is 0.766. The van der Waals surface area contributed by atoms with E-state index >= 15 is 0 Å². The molecule has 0 bridgehead atoms. The van der Waals surface area contributed by atoms with Gasteiger partial charge in [-0.2, -0.15) is 0 Å². The van der Waals surface area contributed by atoms with Crippen molar-refractivity contribution in [1.29, 1.82) is 0 Å². The Morgan fingerprint density at radius 2 is 1.92 bits per heavy atom. The molecule has 6 nitrogen and oxygen atoms in total. The molecule has 3 aromatic rings. The van der Waals surface area contributed by atoms with Gasteiger partial charge < -0.3 is 10.0 Å². The topological polar surface area (TPSA) is 62.8 Å². The second-order valence-corrected chi connectivity index (χ2v) is 7.00. The molecule has 1 aliphatic heterocycles. The molecule has 0 radical (unpaired) electrons. The van der Waals surface area contributed by atoms with Crippen LogP contribution in [0.4, 0.5) is 0 Å². The molecule has 1 fully saturated rings. The van der Waals surface area contributed by atoms with Gasteiger partial charge in [0, 0.05) is 12.7 Å². The maximum absolute atomic E-state index is 12.3. The summed E-state index contributed by atoms with van der Waals surface area (Å²) in [6.45, 7) is 3.74. The summed E-state index contributed by atoms with van der Waals surface area (Å²) in [5.41, 5.74) is 1.87. The lowest BCUT2D eigenvalue weighted by atomic mass is 9.89. The fourth-order valence-electron chi connectivity index (χ4n) is 3.83. The Labute approximate surface area is 152 Å². The van der Waals surface area contributed by atoms with Crippen LogP contribution in [0.3, 0.4) is 0 Å². The number of phenolic OH excluding ortho intramolecular Hbond substituents is 1. The average Bonchev–Trinajstić information content (AvgIpc) is 2.99. The first-order valence-corrected chi connectivity index (χ1v) is 9.26. The SMILES string of the molecule is O=c1n(CCCN2CCC(c3cccc(O)c3)CC2)nc2ccccn12. The molecule has 0 amide bonds. The van der Waals surface area contributed by atoms with Gasteiger partial charge in [-0.3, -0.25) is 4.40 Å². The molecule has 0 saturated carbocycles. The third-order valence-electron chi connectivity index (χ3n) is 5.26. The number of hydrogen-bond acceptors (Lipinski definition) is 4. The summed E-state index contributed by atoms with van der Waals surface area (Å²) in [6, 6.07) is 13.2. The smallest absolute Gasteiger partial charge is 0.350 e. The lowest BCUT2D eigenvalue weighted by molar-refractivity contribution is 0.206. The number of fused-ring (bicyclic) bond motifs is 1. The van der Waals surface area contributed by atoms with Gasteiger partial charge in [0.2, 0.25) is 0 Å². The summed E-state index contributed by atoms with van der Waals surface area (Å²) < 4.78 is 3.15. The van der Waals surface area contributed by atoms with Crippen molar-refractivity contribution in [3.8, 4) is 5.75 Å². The Bertz CT molecular complexity index is 938. The van der Waals surface area contributed by atoms with E-state index < -0.39 is 0 Å². The van der Waals surface area contributed by atoms with Crippen molar-refractivity contribution >= 4 is 5.65 Å². The second-order valence-electron chi connectivity index (χ2n) is 7.00. The molecule has 0 atom stereocenters. The van der Waals surface area contributed by atoms with E-state index in [4.69, 9.17) is 0 Å². The van der Waals surface area contributed by atoms with E-state index in [1.807, 2.05) is 30.3 Å². The average molecular weight is 352 g/mol. The van der Waals surface area contributed by atoms with Gasteiger partial charge in [0.25, 0.3) is 0 Å². The lowest BCUT2D eigenvalue weighted by Gasteiger charge is -2.32. The van der Waals surface area contributed by atoms with Gasteiger partial charge in [-0.25, -0.2) is 9.48 Å². The van der Waals surface area contributed by atoms with E-state index in [1.54, 1.807) is 21.3 Å². The Kier molecular flexibility index (Phi) is 4.75. The second kappa shape index (κ2) is 7.33. The van der Waals surface area contributed by atoms with Crippen molar-refractivity contribution < 1.29 is 5.11 Å². The van der Waals surface area contributed by atoms with Crippen LogP contribution in [0.5, 0.6) is 5.75 Å². The normalized spacial score (nSPS) is 16.3. The zero-order valence-electron chi connectivity index (χ0n) is 14.8. The van der Waals surface area contributed by atoms with Gasteiger partial charge in [-0.1, -0.05) is 18.2 Å². The van der Waals surface area contributed by atoms with E-state index in [1.165, 1.54) is 5.56 Å². The zero-order chi connectivity index (χ0) is 17.9. The summed E-state index contributed by atoms with van der Waals surface area (Å²) >= 11 is 0. The summed E-state index contributed by atoms with van der Waals surface area (Å²) in [5.74, 6) is 0.877. The fraction of sp³-hybridized carbons (Fsp3) is 0.400. The number of piperidine rings is 1. The van der Waals surface area contributed by atoms with Crippen LogP contribution >= 0.6 is 0 Å². The Morgan fingerprint density at radius 3 is 2.69 bits per heavy atom. The Morgan fingerprint density at radius 1 is 1.08 bits per heavy atom. The van der Waals surface area contributed by atoms with Crippen molar-refractivity contribution in [3.63, 3.8) is 0 Å². The van der Waals surface area contributed by atoms with Crippen molar-refractivity contribution in [2.75, 3.05) is 19.6 Å². The molecule has 26 heavy (non-hydrogen) atoms. The van der Waals surface area contributed by atoms with Crippen LogP contribution < -0.4 is 5.69 Å². The number of rotatable bonds is 5. The number of aryl methyl sites for hydroxylation is 1. The molecule has 0 unspecified atom stereocenters. The first-order valence-electron chi connectivity index (χ1n) is 9.26. The van der Waals surface area contributed by atoms with E-state index in [-0.39, 0.29) is 5.69 Å². The van der Waals surface area contributed by atoms with Crippen LogP contribution in [0, 0.1) is 0 Å². The number of hydrogen-bond donors (Lipinski definition) is 1. The Balaban J connectivity index is 1.28. The van der Waals surface area contributed by atoms with Crippen molar-refractivity contribution in [2.45, 2.75) is 31.7 Å². The predicted octanol–water partition coefficient (Wildman–Crippen LogP) is 2.47. The summed E-state index contributed by atoms with van der Waals surface area (Å²) in [7, 11) is 0. The van der Waals surface area contributed by atoms with Crippen LogP contribution in [0.1, 0.15) is 30.7 Å². The number of aromatic hydroxyl groups is 1. The maximum Gasteiger partial charge on any atom is 0.350 e. The standard InChI is InChI=1S/C20H24N4O2/c25-18-6-3-5-17(15-18)16-8-13-22(14-9-16)10-4-12-24-20(26)23-11-2-1-7-19(23)21-24/h1-3,5-7,11,15-16,25H,4,8-10,12-14H2. The highest BCUT2D eigenvalue weighted by Crippen LogP contribution is 2.29. The molecule has 1 aromatic carbocycles. The van der Waals surface area contributed by atoms with Crippen LogP contribution in [-0.4, -0.2) is 43.8 Å². The number of aromatic nitrogens is 3. The molecular formula is C20H24N4O2. The van der Waals surface area contributed by atoms with Crippen molar-refractivity contribution in [2.24, 2.45) is 0 Å². The molecule has 4 rings (SSSR count). The maximum atomic E-state index is 12.3. The molecule has 6 heteroatoms. The Hall–Kier alpha value is -2.60. The zero-order valence-corrected chi connectivity index (χ0v) is 14.8. The molecule has 1 aliphatic rings. The predicted molar refractivity (Wildman–Crippen MR) is 101 cm³/mol. The third-order valence-corrected chi connectivity index (χ3v) is 5.26. The van der Waals surface area contributed by atoms with Gasteiger partial charge in [-0.05, 0) is 74.6 Å². The van der Waals surface area contributed by atoms with E-state index in [9.17, 15) is 9.90 Å². The van der Waals surface area contributed by atoms with Gasteiger partial charge in [0.15, 0.2) is 5.65 Å². The van der Waals surface area contributed by atoms with E-state index in [0.29, 0.717) is 23.9 Å². The molecule has 2 aromatic heterocycles. The largest absolute Gasteiger partial charge is 0.508 e. The van der Waals surface area contributed by atoms with Gasteiger partial charge >= 0.3 is 5.69 Å². The lowest BCUT2D eigenvalue weighted by Crippen LogP contribution is -2.34. The summed E-state index contributed by atoms with van der Waals surface area (Å²) in [4.78, 5) is 14.7. The van der Waals surface area contributed by atoms with Crippen LogP contribution in [-0.2, 0) is 6.54 Å². The first-order chi connectivity index (χ1) is 12.7. The molecule has 0 aliphatic carbocycles. The number of phenols is 1. The minimum Gasteiger partial charge on any atom is -0.508 e.